The molecule has 40 valence electrons. The quantitative estimate of drug-likeness (QED) is 0.286. The Morgan fingerprint density at radius 3 is 2.88 bits per heavy atom. The lowest BCUT2D eigenvalue weighted by atomic mass is 10.6. The second-order valence-electron chi connectivity index (χ2n) is 1.02. The lowest BCUT2D eigenvalue weighted by molar-refractivity contribution is 1.60. The fraction of sp³-hybridized carbons (Fsp3) is 0. The Hall–Kier alpha value is -1.29. The molecule has 8 heavy (non-hydrogen) atoms. The van der Waals surface area contributed by atoms with Crippen molar-refractivity contribution in [2.75, 3.05) is 0 Å². The van der Waals surface area contributed by atoms with Crippen molar-refractivity contribution < 1.29 is 0 Å². The van der Waals surface area contributed by atoms with Crippen molar-refractivity contribution in [1.82, 2.24) is 0 Å². The second kappa shape index (κ2) is 5.71. The van der Waals surface area contributed by atoms with E-state index >= 15 is 0 Å². The Kier molecular flexibility index (Phi) is 4.79. The topological polar surface area (TPSA) is 12.4 Å². The maximum atomic E-state index is 4.85. The summed E-state index contributed by atoms with van der Waals surface area (Å²) in [7, 11) is 0. The first-order valence-corrected chi connectivity index (χ1v) is 2.17. The number of allylic oxidation sites excluding steroid dienone is 2. The zero-order valence-corrected chi connectivity index (χ0v) is 4.54. The van der Waals surface area contributed by atoms with Gasteiger partial charge in [-0.15, -0.1) is 6.42 Å². The van der Waals surface area contributed by atoms with Gasteiger partial charge in [-0.05, 0) is 6.08 Å². The van der Waals surface area contributed by atoms with Crippen LogP contribution in [0.15, 0.2) is 29.9 Å². The molecule has 0 N–H and O–H groups in total. The van der Waals surface area contributed by atoms with E-state index in [9.17, 15) is 0 Å². The van der Waals surface area contributed by atoms with Crippen molar-refractivity contribution in [3.63, 3.8) is 0 Å². The minimum atomic E-state index is 1.38. The first kappa shape index (κ1) is 6.71. The molecule has 0 unspecified atom stereocenters. The first-order valence-electron chi connectivity index (χ1n) is 2.17. The summed E-state index contributed by atoms with van der Waals surface area (Å²) in [4.78, 5) is 3.67. The number of hydrogen-bond acceptors (Lipinski definition) is 1. The average Bonchev–Trinajstić information content (AvgIpc) is 1.81. The molecule has 0 radical (unpaired) electrons. The zero-order chi connectivity index (χ0) is 6.24. The minimum absolute atomic E-state index is 1.38. The number of terminal acetylenes is 1. The van der Waals surface area contributed by atoms with Crippen LogP contribution in [0.2, 0.25) is 0 Å². The lowest BCUT2D eigenvalue weighted by Crippen LogP contribution is -1.56. The molecule has 0 spiro atoms. The molecule has 0 aromatic rings. The standard InChI is InChI=1S/C7H7N/c1-3-5-7-8-6-4-2/h2-3,5-7H,1H2/b7-5-,8-6?. The molecule has 0 aliphatic heterocycles. The first-order chi connectivity index (χ1) is 3.91. The van der Waals surface area contributed by atoms with E-state index < -0.39 is 0 Å². The van der Waals surface area contributed by atoms with Gasteiger partial charge in [0.15, 0.2) is 0 Å². The molecule has 0 rings (SSSR count). The fourth-order valence-electron chi connectivity index (χ4n) is 0.197. The minimum Gasteiger partial charge on any atom is -0.256 e. The Bertz CT molecular complexity index is 146. The Labute approximate surface area is 49.4 Å². The van der Waals surface area contributed by atoms with Crippen molar-refractivity contribution in [2.45, 2.75) is 0 Å². The Morgan fingerprint density at radius 1 is 1.62 bits per heavy atom. The van der Waals surface area contributed by atoms with Crippen molar-refractivity contribution in [2.24, 2.45) is 4.99 Å². The summed E-state index contributed by atoms with van der Waals surface area (Å²) in [6.45, 7) is 3.45. The van der Waals surface area contributed by atoms with Gasteiger partial charge in [0.05, 0.1) is 6.21 Å². The van der Waals surface area contributed by atoms with Crippen LogP contribution in [0.25, 0.3) is 0 Å². The molecule has 0 atom stereocenters. The van der Waals surface area contributed by atoms with Gasteiger partial charge in [-0.25, -0.2) is 0 Å². The van der Waals surface area contributed by atoms with E-state index in [0.717, 1.165) is 0 Å². The third kappa shape index (κ3) is 4.71. The maximum Gasteiger partial charge on any atom is 0.0763 e. The highest BCUT2D eigenvalue weighted by atomic mass is 14.6. The third-order valence-electron chi connectivity index (χ3n) is 0.457. The summed E-state index contributed by atoms with van der Waals surface area (Å²) in [5.41, 5.74) is 0. The van der Waals surface area contributed by atoms with Crippen LogP contribution in [0.4, 0.5) is 0 Å². The maximum absolute atomic E-state index is 4.85. The molecular formula is C7H7N. The van der Waals surface area contributed by atoms with Crippen LogP contribution in [-0.2, 0) is 0 Å². The highest BCUT2D eigenvalue weighted by molar-refractivity contribution is 5.77. The smallest absolute Gasteiger partial charge is 0.0763 e. The van der Waals surface area contributed by atoms with Gasteiger partial charge in [0.2, 0.25) is 0 Å². The van der Waals surface area contributed by atoms with E-state index in [1.165, 1.54) is 6.21 Å². The van der Waals surface area contributed by atoms with Crippen molar-refractivity contribution in [1.29, 1.82) is 0 Å². The summed E-state index contributed by atoms with van der Waals surface area (Å²) in [6.07, 6.45) is 11.1. The van der Waals surface area contributed by atoms with Crippen molar-refractivity contribution in [3.8, 4) is 12.3 Å². The summed E-state index contributed by atoms with van der Waals surface area (Å²) < 4.78 is 0. The number of nitrogens with zero attached hydrogens (tertiary/aromatic N) is 1. The van der Waals surface area contributed by atoms with Crippen LogP contribution in [0, 0.1) is 12.3 Å². The van der Waals surface area contributed by atoms with E-state index in [1.54, 1.807) is 18.4 Å². The summed E-state index contributed by atoms with van der Waals surface area (Å²) in [5, 5.41) is 0. The monoisotopic (exact) mass is 105 g/mol. The highest BCUT2D eigenvalue weighted by Gasteiger charge is 1.54. The lowest BCUT2D eigenvalue weighted by Gasteiger charge is -1.66. The van der Waals surface area contributed by atoms with Crippen LogP contribution >= 0.6 is 0 Å². The molecule has 0 bridgehead atoms. The molecule has 1 heteroatoms. The van der Waals surface area contributed by atoms with Gasteiger partial charge < -0.3 is 0 Å². The molecular weight excluding hydrogens is 98.1 g/mol. The van der Waals surface area contributed by atoms with Gasteiger partial charge in [-0.2, -0.15) is 0 Å². The molecule has 0 saturated carbocycles. The molecule has 0 aliphatic rings. The summed E-state index contributed by atoms with van der Waals surface area (Å²) in [5.74, 6) is 2.25. The molecule has 0 amide bonds. The van der Waals surface area contributed by atoms with Gasteiger partial charge >= 0.3 is 0 Å². The SMILES string of the molecule is C#CC=N/C=C\C=C. The van der Waals surface area contributed by atoms with E-state index in [4.69, 9.17) is 6.42 Å². The fourth-order valence-corrected chi connectivity index (χ4v) is 0.197. The van der Waals surface area contributed by atoms with E-state index in [1.807, 2.05) is 0 Å². The van der Waals surface area contributed by atoms with E-state index in [-0.39, 0.29) is 0 Å². The molecule has 0 heterocycles. The normalized spacial score (nSPS) is 9.88. The molecule has 0 aromatic carbocycles. The average molecular weight is 105 g/mol. The predicted molar refractivity (Wildman–Crippen MR) is 36.7 cm³/mol. The van der Waals surface area contributed by atoms with Gasteiger partial charge in [0.25, 0.3) is 0 Å². The van der Waals surface area contributed by atoms with Crippen molar-refractivity contribution in [3.05, 3.63) is 24.9 Å². The second-order valence-corrected chi connectivity index (χ2v) is 1.02. The van der Waals surface area contributed by atoms with Crippen molar-refractivity contribution >= 4 is 6.21 Å². The largest absolute Gasteiger partial charge is 0.256 e. The van der Waals surface area contributed by atoms with Crippen LogP contribution in [-0.4, -0.2) is 6.21 Å². The van der Waals surface area contributed by atoms with Crippen LogP contribution < -0.4 is 0 Å². The number of hydrogen-bond donors (Lipinski definition) is 0. The van der Waals surface area contributed by atoms with Gasteiger partial charge in [-0.1, -0.05) is 18.6 Å². The molecule has 0 aliphatic carbocycles. The summed E-state index contributed by atoms with van der Waals surface area (Å²) >= 11 is 0. The van der Waals surface area contributed by atoms with Crippen LogP contribution in [0.5, 0.6) is 0 Å². The van der Waals surface area contributed by atoms with Crippen LogP contribution in [0.1, 0.15) is 0 Å². The highest BCUT2D eigenvalue weighted by Crippen LogP contribution is 1.71. The van der Waals surface area contributed by atoms with Gasteiger partial charge in [0.1, 0.15) is 0 Å². The molecule has 0 saturated heterocycles. The molecule has 0 aromatic heterocycles. The number of rotatable bonds is 2. The Morgan fingerprint density at radius 2 is 2.38 bits per heavy atom. The predicted octanol–water partition coefficient (Wildman–Crippen LogP) is 1.39. The zero-order valence-electron chi connectivity index (χ0n) is 4.54. The van der Waals surface area contributed by atoms with E-state index in [0.29, 0.717) is 0 Å². The molecule has 1 nitrogen and oxygen atoms in total. The third-order valence-corrected chi connectivity index (χ3v) is 0.457. The number of aliphatic imine (C=N–C) groups is 1. The van der Waals surface area contributed by atoms with Gasteiger partial charge in [-0.3, -0.25) is 4.99 Å². The van der Waals surface area contributed by atoms with Crippen LogP contribution in [0.3, 0.4) is 0 Å². The Balaban J connectivity index is 3.46. The van der Waals surface area contributed by atoms with Gasteiger partial charge in [0, 0.05) is 6.20 Å². The summed E-state index contributed by atoms with van der Waals surface area (Å²) in [6, 6.07) is 0. The van der Waals surface area contributed by atoms with E-state index in [2.05, 4.69) is 17.5 Å². The molecule has 0 fully saturated rings.